The molecule has 0 aliphatic carbocycles. The Balaban J connectivity index is 1.85. The Bertz CT molecular complexity index is 1240. The molecule has 0 bridgehead atoms. The van der Waals surface area contributed by atoms with E-state index in [9.17, 15) is 14.7 Å². The molecule has 4 rings (SSSR count). The third-order valence-electron chi connectivity index (χ3n) is 5.50. The molecule has 1 unspecified atom stereocenters. The highest BCUT2D eigenvalue weighted by Gasteiger charge is 2.46. The topological polar surface area (TPSA) is 89.0 Å². The summed E-state index contributed by atoms with van der Waals surface area (Å²) in [6.45, 7) is 3.96. The molecule has 0 spiro atoms. The van der Waals surface area contributed by atoms with E-state index in [0.717, 1.165) is 5.56 Å². The molecule has 1 amide bonds. The van der Waals surface area contributed by atoms with Crippen LogP contribution < -0.4 is 9.47 Å². The van der Waals surface area contributed by atoms with Gasteiger partial charge in [-0.15, -0.1) is 0 Å². The molecule has 1 aliphatic rings. The Kier molecular flexibility index (Phi) is 6.63. The summed E-state index contributed by atoms with van der Waals surface area (Å²) in [5.74, 6) is -0.551. The van der Waals surface area contributed by atoms with Gasteiger partial charge in [-0.1, -0.05) is 30.3 Å². The Morgan fingerprint density at radius 1 is 1.06 bits per heavy atom. The van der Waals surface area contributed by atoms with Crippen LogP contribution >= 0.6 is 0 Å². The van der Waals surface area contributed by atoms with E-state index in [1.54, 1.807) is 74.1 Å². The number of hydrogen-bond donors (Lipinski definition) is 1. The number of benzene rings is 2. The van der Waals surface area contributed by atoms with Crippen LogP contribution in [0.4, 0.5) is 0 Å². The summed E-state index contributed by atoms with van der Waals surface area (Å²) < 4.78 is 11.1. The molecule has 1 fully saturated rings. The minimum atomic E-state index is -0.801. The fourth-order valence-corrected chi connectivity index (χ4v) is 4.03. The summed E-state index contributed by atoms with van der Waals surface area (Å²) in [7, 11) is 1.55. The van der Waals surface area contributed by atoms with E-state index >= 15 is 0 Å². The van der Waals surface area contributed by atoms with Gasteiger partial charge in [-0.3, -0.25) is 14.6 Å². The summed E-state index contributed by atoms with van der Waals surface area (Å²) in [6.07, 6.45) is 3.23. The largest absolute Gasteiger partial charge is 0.507 e. The van der Waals surface area contributed by atoms with E-state index in [-0.39, 0.29) is 24.0 Å². The normalized spacial score (nSPS) is 17.3. The zero-order valence-electron chi connectivity index (χ0n) is 19.3. The average molecular weight is 459 g/mol. The molecule has 1 aromatic heterocycles. The van der Waals surface area contributed by atoms with Gasteiger partial charge in [0.25, 0.3) is 11.7 Å². The lowest BCUT2D eigenvalue weighted by molar-refractivity contribution is -0.140. The Morgan fingerprint density at radius 2 is 1.82 bits per heavy atom. The lowest BCUT2D eigenvalue weighted by Crippen LogP contribution is -2.29. The second kappa shape index (κ2) is 9.79. The quantitative estimate of drug-likeness (QED) is 0.319. The molecule has 0 radical (unpaired) electrons. The van der Waals surface area contributed by atoms with Gasteiger partial charge in [0.2, 0.25) is 0 Å². The molecule has 7 heteroatoms. The number of amides is 1. The monoisotopic (exact) mass is 458 g/mol. The molecule has 1 aliphatic heterocycles. The van der Waals surface area contributed by atoms with Crippen molar-refractivity contribution in [3.63, 3.8) is 0 Å². The smallest absolute Gasteiger partial charge is 0.295 e. The van der Waals surface area contributed by atoms with Crippen LogP contribution in [0.2, 0.25) is 0 Å². The first kappa shape index (κ1) is 23.0. The molecule has 7 nitrogen and oxygen atoms in total. The minimum absolute atomic E-state index is 0.0174. The van der Waals surface area contributed by atoms with Crippen molar-refractivity contribution in [1.82, 2.24) is 9.88 Å². The zero-order valence-corrected chi connectivity index (χ0v) is 19.3. The van der Waals surface area contributed by atoms with Crippen LogP contribution in [0.25, 0.3) is 5.76 Å². The highest BCUT2D eigenvalue weighted by molar-refractivity contribution is 6.46. The highest BCUT2D eigenvalue weighted by atomic mass is 16.5. The fourth-order valence-electron chi connectivity index (χ4n) is 4.03. The number of pyridine rings is 1. The summed E-state index contributed by atoms with van der Waals surface area (Å²) in [5, 5.41) is 11.3. The first-order valence-corrected chi connectivity index (χ1v) is 11.0. The van der Waals surface area contributed by atoms with Crippen LogP contribution in [0.15, 0.2) is 78.6 Å². The number of hydrogen-bond acceptors (Lipinski definition) is 6. The Morgan fingerprint density at radius 3 is 2.53 bits per heavy atom. The van der Waals surface area contributed by atoms with Crippen LogP contribution in [0.1, 0.15) is 36.6 Å². The molecule has 2 aromatic carbocycles. The summed E-state index contributed by atoms with van der Waals surface area (Å²) in [6, 6.07) is 16.8. The van der Waals surface area contributed by atoms with Crippen molar-refractivity contribution in [2.24, 2.45) is 0 Å². The van der Waals surface area contributed by atoms with Crippen LogP contribution in [0.3, 0.4) is 0 Å². The van der Waals surface area contributed by atoms with Gasteiger partial charge in [0.15, 0.2) is 0 Å². The van der Waals surface area contributed by atoms with Crippen molar-refractivity contribution in [3.8, 4) is 11.5 Å². The van der Waals surface area contributed by atoms with Crippen molar-refractivity contribution < 1.29 is 24.2 Å². The first-order chi connectivity index (χ1) is 16.4. The van der Waals surface area contributed by atoms with Gasteiger partial charge >= 0.3 is 0 Å². The first-order valence-electron chi connectivity index (χ1n) is 11.0. The van der Waals surface area contributed by atoms with Gasteiger partial charge in [-0.2, -0.15) is 0 Å². The Labute approximate surface area is 198 Å². The van der Waals surface area contributed by atoms with Crippen LogP contribution in [-0.4, -0.2) is 39.9 Å². The number of rotatable bonds is 7. The molecular weight excluding hydrogens is 432 g/mol. The van der Waals surface area contributed by atoms with Crippen LogP contribution in [0.5, 0.6) is 11.5 Å². The lowest BCUT2D eigenvalue weighted by Gasteiger charge is -2.25. The van der Waals surface area contributed by atoms with E-state index in [1.807, 2.05) is 19.9 Å². The molecule has 1 saturated heterocycles. The molecule has 3 aromatic rings. The van der Waals surface area contributed by atoms with Crippen molar-refractivity contribution in [3.05, 3.63) is 95.3 Å². The maximum Gasteiger partial charge on any atom is 0.295 e. The number of ketones is 1. The number of aliphatic hydroxyl groups excluding tert-OH is 1. The molecule has 1 atom stereocenters. The third kappa shape index (κ3) is 4.64. The van der Waals surface area contributed by atoms with E-state index < -0.39 is 17.7 Å². The molecular formula is C27H26N2O5. The van der Waals surface area contributed by atoms with Gasteiger partial charge in [0.05, 0.1) is 24.8 Å². The van der Waals surface area contributed by atoms with Crippen molar-refractivity contribution >= 4 is 17.4 Å². The number of Topliss-reactive ketones (excluding diaryl/α,β-unsaturated/α-hetero) is 1. The molecule has 34 heavy (non-hydrogen) atoms. The predicted octanol–water partition coefficient (Wildman–Crippen LogP) is 4.50. The number of carbonyl (C=O) groups excluding carboxylic acids is 2. The van der Waals surface area contributed by atoms with Crippen LogP contribution in [0, 0.1) is 0 Å². The number of ether oxygens (including phenoxy) is 2. The number of aromatic nitrogens is 1. The van der Waals surface area contributed by atoms with E-state index in [0.29, 0.717) is 22.6 Å². The lowest BCUT2D eigenvalue weighted by atomic mass is 9.95. The van der Waals surface area contributed by atoms with Gasteiger partial charge in [0, 0.05) is 24.5 Å². The van der Waals surface area contributed by atoms with Gasteiger partial charge in [-0.25, -0.2) is 0 Å². The van der Waals surface area contributed by atoms with E-state index in [2.05, 4.69) is 4.98 Å². The summed E-state index contributed by atoms with van der Waals surface area (Å²) >= 11 is 0. The maximum atomic E-state index is 13.2. The molecule has 1 N–H and O–H groups in total. The summed E-state index contributed by atoms with van der Waals surface area (Å²) in [4.78, 5) is 32.0. The molecule has 0 saturated carbocycles. The van der Waals surface area contributed by atoms with E-state index in [1.165, 1.54) is 4.90 Å². The van der Waals surface area contributed by atoms with Crippen molar-refractivity contribution in [2.75, 3.05) is 7.11 Å². The Hall–Kier alpha value is -4.13. The molecule has 174 valence electrons. The SMILES string of the molecule is COc1cccc(C2/C(=C(/O)c3cccc(OC(C)C)c3)C(=O)C(=O)N2Cc2cccnc2)c1. The van der Waals surface area contributed by atoms with Crippen molar-refractivity contribution in [2.45, 2.75) is 32.5 Å². The maximum absolute atomic E-state index is 13.2. The second-order valence-corrected chi connectivity index (χ2v) is 8.26. The van der Waals surface area contributed by atoms with Crippen molar-refractivity contribution in [1.29, 1.82) is 0 Å². The van der Waals surface area contributed by atoms with Gasteiger partial charge < -0.3 is 19.5 Å². The number of aliphatic hydroxyl groups is 1. The molecule has 2 heterocycles. The number of likely N-dealkylation sites (tertiary alicyclic amines) is 1. The highest BCUT2D eigenvalue weighted by Crippen LogP contribution is 2.41. The fraction of sp³-hybridized carbons (Fsp3) is 0.222. The van der Waals surface area contributed by atoms with E-state index in [4.69, 9.17) is 9.47 Å². The number of nitrogens with zero attached hydrogens (tertiary/aromatic N) is 2. The number of carbonyl (C=O) groups is 2. The third-order valence-corrected chi connectivity index (χ3v) is 5.50. The standard InChI is InChI=1S/C27H26N2O5/c1-17(2)34-22-11-5-9-20(14-22)25(30)23-24(19-8-4-10-21(13-19)33-3)29(27(32)26(23)31)16-18-7-6-12-28-15-18/h4-15,17,24,30H,16H2,1-3H3/b25-23-. The summed E-state index contributed by atoms with van der Waals surface area (Å²) in [5.41, 5.74) is 1.83. The minimum Gasteiger partial charge on any atom is -0.507 e. The van der Waals surface area contributed by atoms with Gasteiger partial charge in [0.1, 0.15) is 17.3 Å². The average Bonchev–Trinajstić information content (AvgIpc) is 3.09. The van der Waals surface area contributed by atoms with Crippen LogP contribution in [-0.2, 0) is 16.1 Å². The zero-order chi connectivity index (χ0) is 24.2. The van der Waals surface area contributed by atoms with Gasteiger partial charge in [-0.05, 0) is 55.3 Å². The predicted molar refractivity (Wildman–Crippen MR) is 127 cm³/mol. The second-order valence-electron chi connectivity index (χ2n) is 8.26. The number of methoxy groups -OCH3 is 1.